The molecule has 5 nitrogen and oxygen atoms in total. The van der Waals surface area contributed by atoms with Crippen molar-refractivity contribution in [2.24, 2.45) is 5.92 Å². The second-order valence-corrected chi connectivity index (χ2v) is 7.08. The SMILES string of the molecule is CC(C)C(=O)NCCNC1CCCS(=O)(=O)C1. The van der Waals surface area contributed by atoms with E-state index in [2.05, 4.69) is 10.6 Å². The first-order valence-corrected chi connectivity index (χ1v) is 7.94. The molecule has 0 spiro atoms. The number of hydrogen-bond acceptors (Lipinski definition) is 4. The van der Waals surface area contributed by atoms with Crippen molar-refractivity contribution in [3.8, 4) is 0 Å². The van der Waals surface area contributed by atoms with Gasteiger partial charge in [-0.05, 0) is 12.8 Å². The number of nitrogens with one attached hydrogen (secondary N) is 2. The standard InChI is InChI=1S/C11H22N2O3S/c1-9(2)11(14)13-6-5-12-10-4-3-7-17(15,16)8-10/h9-10,12H,3-8H2,1-2H3,(H,13,14). The van der Waals surface area contributed by atoms with E-state index in [9.17, 15) is 13.2 Å². The van der Waals surface area contributed by atoms with Crippen LogP contribution in [0, 0.1) is 5.92 Å². The number of carbonyl (C=O) groups is 1. The Morgan fingerprint density at radius 2 is 2.06 bits per heavy atom. The number of sulfone groups is 1. The van der Waals surface area contributed by atoms with E-state index in [1.165, 1.54) is 0 Å². The van der Waals surface area contributed by atoms with Gasteiger partial charge in [0.25, 0.3) is 0 Å². The molecule has 0 aromatic heterocycles. The van der Waals surface area contributed by atoms with E-state index in [0.29, 0.717) is 18.8 Å². The lowest BCUT2D eigenvalue weighted by atomic mass is 10.2. The molecule has 1 saturated heterocycles. The van der Waals surface area contributed by atoms with Crippen molar-refractivity contribution in [3.05, 3.63) is 0 Å². The fourth-order valence-electron chi connectivity index (χ4n) is 1.85. The van der Waals surface area contributed by atoms with Crippen LogP contribution in [0.4, 0.5) is 0 Å². The maximum Gasteiger partial charge on any atom is 0.222 e. The lowest BCUT2D eigenvalue weighted by Gasteiger charge is -2.23. The van der Waals surface area contributed by atoms with Gasteiger partial charge in [0, 0.05) is 25.0 Å². The van der Waals surface area contributed by atoms with E-state index in [-0.39, 0.29) is 23.6 Å². The van der Waals surface area contributed by atoms with Crippen molar-refractivity contribution < 1.29 is 13.2 Å². The van der Waals surface area contributed by atoms with Gasteiger partial charge in [0.15, 0.2) is 9.84 Å². The molecule has 1 aliphatic rings. The topological polar surface area (TPSA) is 75.3 Å². The highest BCUT2D eigenvalue weighted by atomic mass is 32.2. The molecule has 1 rings (SSSR count). The van der Waals surface area contributed by atoms with Gasteiger partial charge in [-0.15, -0.1) is 0 Å². The van der Waals surface area contributed by atoms with Gasteiger partial charge in [-0.25, -0.2) is 8.42 Å². The summed E-state index contributed by atoms with van der Waals surface area (Å²) in [5.74, 6) is 0.563. The van der Waals surface area contributed by atoms with Crippen LogP contribution in [0.15, 0.2) is 0 Å². The lowest BCUT2D eigenvalue weighted by Crippen LogP contribution is -2.43. The molecule has 1 fully saturated rings. The van der Waals surface area contributed by atoms with Crippen LogP contribution < -0.4 is 10.6 Å². The monoisotopic (exact) mass is 262 g/mol. The zero-order valence-corrected chi connectivity index (χ0v) is 11.3. The van der Waals surface area contributed by atoms with Crippen LogP contribution in [0.5, 0.6) is 0 Å². The minimum atomic E-state index is -2.85. The van der Waals surface area contributed by atoms with Gasteiger partial charge in [-0.3, -0.25) is 4.79 Å². The van der Waals surface area contributed by atoms with E-state index >= 15 is 0 Å². The number of carbonyl (C=O) groups excluding carboxylic acids is 1. The first-order chi connectivity index (χ1) is 7.91. The van der Waals surface area contributed by atoms with Crippen LogP contribution >= 0.6 is 0 Å². The van der Waals surface area contributed by atoms with E-state index in [4.69, 9.17) is 0 Å². The van der Waals surface area contributed by atoms with Crippen LogP contribution in [-0.2, 0) is 14.6 Å². The second kappa shape index (κ2) is 6.35. The van der Waals surface area contributed by atoms with Crippen LogP contribution in [-0.4, -0.2) is 45.0 Å². The number of hydrogen-bond donors (Lipinski definition) is 2. The summed E-state index contributed by atoms with van der Waals surface area (Å²) < 4.78 is 22.8. The fourth-order valence-corrected chi connectivity index (χ4v) is 3.52. The molecular weight excluding hydrogens is 240 g/mol. The Morgan fingerprint density at radius 1 is 1.35 bits per heavy atom. The molecule has 1 heterocycles. The summed E-state index contributed by atoms with van der Waals surface area (Å²) in [4.78, 5) is 11.3. The molecule has 100 valence electrons. The average molecular weight is 262 g/mol. The van der Waals surface area contributed by atoms with E-state index in [1.807, 2.05) is 13.8 Å². The molecule has 0 aliphatic carbocycles. The van der Waals surface area contributed by atoms with Crippen LogP contribution in [0.2, 0.25) is 0 Å². The lowest BCUT2D eigenvalue weighted by molar-refractivity contribution is -0.123. The molecule has 17 heavy (non-hydrogen) atoms. The zero-order chi connectivity index (χ0) is 12.9. The molecule has 0 saturated carbocycles. The van der Waals surface area contributed by atoms with Gasteiger partial charge in [-0.2, -0.15) is 0 Å². The fraction of sp³-hybridized carbons (Fsp3) is 0.909. The molecular formula is C11H22N2O3S. The highest BCUT2D eigenvalue weighted by Gasteiger charge is 2.23. The first kappa shape index (κ1) is 14.4. The quantitative estimate of drug-likeness (QED) is 0.680. The molecule has 1 amide bonds. The van der Waals surface area contributed by atoms with Gasteiger partial charge >= 0.3 is 0 Å². The minimum Gasteiger partial charge on any atom is -0.355 e. The summed E-state index contributed by atoms with van der Waals surface area (Å²) in [7, 11) is -2.85. The van der Waals surface area contributed by atoms with Crippen molar-refractivity contribution in [1.29, 1.82) is 0 Å². The molecule has 1 atom stereocenters. The van der Waals surface area contributed by atoms with Crippen LogP contribution in [0.25, 0.3) is 0 Å². The van der Waals surface area contributed by atoms with Gasteiger partial charge in [0.1, 0.15) is 0 Å². The molecule has 2 N–H and O–H groups in total. The Balaban J connectivity index is 2.17. The summed E-state index contributed by atoms with van der Waals surface area (Å²) in [6.07, 6.45) is 1.63. The van der Waals surface area contributed by atoms with Gasteiger partial charge in [0.05, 0.1) is 11.5 Å². The highest BCUT2D eigenvalue weighted by molar-refractivity contribution is 7.91. The van der Waals surface area contributed by atoms with Gasteiger partial charge in [-0.1, -0.05) is 13.8 Å². The van der Waals surface area contributed by atoms with E-state index in [0.717, 1.165) is 12.8 Å². The smallest absolute Gasteiger partial charge is 0.222 e. The van der Waals surface area contributed by atoms with E-state index < -0.39 is 9.84 Å². The molecule has 6 heteroatoms. The van der Waals surface area contributed by atoms with Crippen molar-refractivity contribution in [1.82, 2.24) is 10.6 Å². The molecule has 1 unspecified atom stereocenters. The second-order valence-electron chi connectivity index (χ2n) is 4.85. The Labute approximate surface area is 103 Å². The molecule has 0 bridgehead atoms. The maximum atomic E-state index is 11.4. The highest BCUT2D eigenvalue weighted by Crippen LogP contribution is 2.11. The van der Waals surface area contributed by atoms with Crippen molar-refractivity contribution >= 4 is 15.7 Å². The summed E-state index contributed by atoms with van der Waals surface area (Å²) in [6.45, 7) is 4.86. The third kappa shape index (κ3) is 5.50. The maximum absolute atomic E-state index is 11.4. The minimum absolute atomic E-state index is 0.00921. The molecule has 0 radical (unpaired) electrons. The summed E-state index contributed by atoms with van der Waals surface area (Å²) in [5, 5.41) is 5.97. The summed E-state index contributed by atoms with van der Waals surface area (Å²) >= 11 is 0. The number of amides is 1. The predicted molar refractivity (Wildman–Crippen MR) is 67.5 cm³/mol. The average Bonchev–Trinajstić information content (AvgIpc) is 2.22. The number of rotatable bonds is 5. The van der Waals surface area contributed by atoms with Crippen molar-refractivity contribution in [2.45, 2.75) is 32.7 Å². The van der Waals surface area contributed by atoms with Crippen molar-refractivity contribution in [2.75, 3.05) is 24.6 Å². The van der Waals surface area contributed by atoms with Crippen molar-refractivity contribution in [3.63, 3.8) is 0 Å². The van der Waals surface area contributed by atoms with Gasteiger partial charge in [0.2, 0.25) is 5.91 Å². The van der Waals surface area contributed by atoms with E-state index in [1.54, 1.807) is 0 Å². The van der Waals surface area contributed by atoms with Gasteiger partial charge < -0.3 is 10.6 Å². The Bertz CT molecular complexity index is 352. The molecule has 0 aromatic rings. The Hall–Kier alpha value is -0.620. The largest absolute Gasteiger partial charge is 0.355 e. The first-order valence-electron chi connectivity index (χ1n) is 6.12. The third-order valence-electron chi connectivity index (χ3n) is 2.84. The Kier molecular flexibility index (Phi) is 5.39. The predicted octanol–water partition coefficient (Wildman–Crippen LogP) is -0.0746. The third-order valence-corrected chi connectivity index (χ3v) is 4.67. The Morgan fingerprint density at radius 3 is 2.65 bits per heavy atom. The zero-order valence-electron chi connectivity index (χ0n) is 10.5. The summed E-state index contributed by atoms with van der Waals surface area (Å²) in [6, 6.07) is 0.0460. The molecule has 0 aromatic carbocycles. The normalized spacial score (nSPS) is 23.6. The van der Waals surface area contributed by atoms with Crippen LogP contribution in [0.1, 0.15) is 26.7 Å². The molecule has 1 aliphatic heterocycles. The van der Waals surface area contributed by atoms with Crippen LogP contribution in [0.3, 0.4) is 0 Å². The summed E-state index contributed by atoms with van der Waals surface area (Å²) in [5.41, 5.74) is 0.